The second kappa shape index (κ2) is 6.15. The molecule has 0 heterocycles. The number of esters is 2. The van der Waals surface area contributed by atoms with Crippen LogP contribution in [0.3, 0.4) is 0 Å². The number of rotatable bonds is 6. The summed E-state index contributed by atoms with van der Waals surface area (Å²) in [5.41, 5.74) is 0. The van der Waals surface area contributed by atoms with Crippen molar-refractivity contribution < 1.29 is 19.1 Å². The van der Waals surface area contributed by atoms with Crippen molar-refractivity contribution >= 4 is 11.9 Å². The van der Waals surface area contributed by atoms with Gasteiger partial charge in [-0.3, -0.25) is 9.59 Å². The van der Waals surface area contributed by atoms with Gasteiger partial charge in [-0.1, -0.05) is 0 Å². The molecule has 4 nitrogen and oxygen atoms in total. The Morgan fingerprint density at radius 2 is 1.00 bits per heavy atom. The van der Waals surface area contributed by atoms with E-state index in [0.29, 0.717) is 25.0 Å². The maximum absolute atomic E-state index is 11.5. The highest BCUT2D eigenvalue weighted by molar-refractivity contribution is 5.75. The second-order valence-electron chi connectivity index (χ2n) is 6.70. The molecular weight excluding hydrogens is 256 g/mol. The van der Waals surface area contributed by atoms with Crippen molar-refractivity contribution in [2.45, 2.75) is 51.4 Å². The summed E-state index contributed by atoms with van der Waals surface area (Å²) in [7, 11) is 0. The van der Waals surface area contributed by atoms with Gasteiger partial charge in [-0.25, -0.2) is 0 Å². The van der Waals surface area contributed by atoms with Crippen LogP contribution in [0.2, 0.25) is 0 Å². The van der Waals surface area contributed by atoms with Gasteiger partial charge in [0.15, 0.2) is 0 Å². The van der Waals surface area contributed by atoms with Gasteiger partial charge in [0.05, 0.1) is 25.0 Å². The van der Waals surface area contributed by atoms with E-state index in [4.69, 9.17) is 9.47 Å². The van der Waals surface area contributed by atoms with E-state index in [0.717, 1.165) is 51.4 Å². The molecule has 0 N–H and O–H groups in total. The normalized spacial score (nSPS) is 29.8. The van der Waals surface area contributed by atoms with Gasteiger partial charge in [0, 0.05) is 0 Å². The molecule has 0 bridgehead atoms. The summed E-state index contributed by atoms with van der Waals surface area (Å²) in [6, 6.07) is 0. The van der Waals surface area contributed by atoms with Crippen molar-refractivity contribution in [1.82, 2.24) is 0 Å². The van der Waals surface area contributed by atoms with Crippen LogP contribution in [0.4, 0.5) is 0 Å². The fourth-order valence-electron chi connectivity index (χ4n) is 2.84. The predicted molar refractivity (Wildman–Crippen MR) is 72.8 cm³/mol. The summed E-state index contributed by atoms with van der Waals surface area (Å²) in [4.78, 5) is 23.0. The van der Waals surface area contributed by atoms with Crippen LogP contribution in [0.1, 0.15) is 51.4 Å². The molecular formula is C16H24O4. The molecule has 0 aromatic rings. The van der Waals surface area contributed by atoms with Crippen LogP contribution in [0.15, 0.2) is 0 Å². The first-order valence-corrected chi connectivity index (χ1v) is 8.05. The molecule has 3 aliphatic rings. The fourth-order valence-corrected chi connectivity index (χ4v) is 2.84. The lowest BCUT2D eigenvalue weighted by molar-refractivity contribution is -0.149. The Bertz CT molecular complexity index is 327. The van der Waals surface area contributed by atoms with Gasteiger partial charge in [0.2, 0.25) is 0 Å². The SMILES string of the molecule is O=C(OCC1CCC(COC(=O)C2CC2)CC1)C1CC1. The van der Waals surface area contributed by atoms with Gasteiger partial charge in [0.1, 0.15) is 0 Å². The molecule has 20 heavy (non-hydrogen) atoms. The van der Waals surface area contributed by atoms with E-state index in [9.17, 15) is 9.59 Å². The zero-order chi connectivity index (χ0) is 13.9. The van der Waals surface area contributed by atoms with E-state index in [1.165, 1.54) is 0 Å². The first-order chi connectivity index (χ1) is 9.72. The molecule has 0 aromatic carbocycles. The lowest BCUT2D eigenvalue weighted by Gasteiger charge is -2.27. The van der Waals surface area contributed by atoms with Crippen LogP contribution in [0, 0.1) is 23.7 Å². The van der Waals surface area contributed by atoms with Crippen LogP contribution >= 0.6 is 0 Å². The molecule has 0 saturated heterocycles. The predicted octanol–water partition coefficient (Wildman–Crippen LogP) is 2.70. The maximum atomic E-state index is 11.5. The van der Waals surface area contributed by atoms with Crippen molar-refractivity contribution in [2.75, 3.05) is 13.2 Å². The highest BCUT2D eigenvalue weighted by atomic mass is 16.5. The Kier molecular flexibility index (Phi) is 4.27. The lowest BCUT2D eigenvalue weighted by atomic mass is 9.83. The molecule has 0 radical (unpaired) electrons. The standard InChI is InChI=1S/C16H24O4/c17-15(13-5-6-13)19-9-11-1-2-12(4-3-11)10-20-16(18)14-7-8-14/h11-14H,1-10H2. The molecule has 3 aliphatic carbocycles. The number of hydrogen-bond acceptors (Lipinski definition) is 4. The highest BCUT2D eigenvalue weighted by Gasteiger charge is 2.33. The van der Waals surface area contributed by atoms with E-state index in [-0.39, 0.29) is 23.8 Å². The number of carbonyl (C=O) groups excluding carboxylic acids is 2. The molecule has 0 amide bonds. The minimum absolute atomic E-state index is 0.00508. The highest BCUT2D eigenvalue weighted by Crippen LogP contribution is 2.33. The maximum Gasteiger partial charge on any atom is 0.308 e. The largest absolute Gasteiger partial charge is 0.465 e. The van der Waals surface area contributed by atoms with Gasteiger partial charge in [-0.2, -0.15) is 0 Å². The van der Waals surface area contributed by atoms with E-state index in [1.54, 1.807) is 0 Å². The summed E-state index contributed by atoms with van der Waals surface area (Å²) in [5, 5.41) is 0. The quantitative estimate of drug-likeness (QED) is 0.702. The number of carbonyl (C=O) groups is 2. The number of hydrogen-bond donors (Lipinski definition) is 0. The minimum Gasteiger partial charge on any atom is -0.465 e. The molecule has 3 rings (SSSR count). The molecule has 3 saturated carbocycles. The van der Waals surface area contributed by atoms with Crippen LogP contribution in [0.5, 0.6) is 0 Å². The summed E-state index contributed by atoms with van der Waals surface area (Å²) >= 11 is 0. The topological polar surface area (TPSA) is 52.6 Å². The number of ether oxygens (including phenoxy) is 2. The van der Waals surface area contributed by atoms with Crippen molar-refractivity contribution in [1.29, 1.82) is 0 Å². The van der Waals surface area contributed by atoms with Gasteiger partial charge in [-0.05, 0) is 63.2 Å². The minimum atomic E-state index is 0.00508. The van der Waals surface area contributed by atoms with Crippen LogP contribution < -0.4 is 0 Å². The molecule has 0 spiro atoms. The molecule has 0 atom stereocenters. The summed E-state index contributed by atoms with van der Waals surface area (Å²) in [6.45, 7) is 1.17. The molecule has 112 valence electrons. The third-order valence-electron chi connectivity index (χ3n) is 4.71. The Hall–Kier alpha value is -1.06. The zero-order valence-corrected chi connectivity index (χ0v) is 12.0. The first kappa shape index (κ1) is 13.9. The van der Waals surface area contributed by atoms with E-state index in [2.05, 4.69) is 0 Å². The summed E-state index contributed by atoms with van der Waals surface area (Å²) < 4.78 is 10.7. The molecule has 0 aliphatic heterocycles. The first-order valence-electron chi connectivity index (χ1n) is 8.05. The zero-order valence-electron chi connectivity index (χ0n) is 12.0. The monoisotopic (exact) mass is 280 g/mol. The summed E-state index contributed by atoms with van der Waals surface area (Å²) in [5.74, 6) is 1.43. The lowest BCUT2D eigenvalue weighted by Crippen LogP contribution is -2.24. The van der Waals surface area contributed by atoms with E-state index < -0.39 is 0 Å². The molecule has 0 aromatic heterocycles. The molecule has 3 fully saturated rings. The average Bonchev–Trinajstić information content (AvgIpc) is 3.33. The van der Waals surface area contributed by atoms with Crippen LogP contribution in [-0.4, -0.2) is 25.2 Å². The Balaban J connectivity index is 1.28. The van der Waals surface area contributed by atoms with E-state index in [1.807, 2.05) is 0 Å². The van der Waals surface area contributed by atoms with Gasteiger partial charge >= 0.3 is 11.9 Å². The Morgan fingerprint density at radius 3 is 1.30 bits per heavy atom. The average molecular weight is 280 g/mol. The summed E-state index contributed by atoms with van der Waals surface area (Å²) in [6.07, 6.45) is 8.39. The third-order valence-corrected chi connectivity index (χ3v) is 4.71. The molecule has 0 unspecified atom stereocenters. The molecule has 4 heteroatoms. The Labute approximate surface area is 120 Å². The fraction of sp³-hybridized carbons (Fsp3) is 0.875. The van der Waals surface area contributed by atoms with Crippen molar-refractivity contribution in [3.63, 3.8) is 0 Å². The van der Waals surface area contributed by atoms with Gasteiger partial charge < -0.3 is 9.47 Å². The van der Waals surface area contributed by atoms with Gasteiger partial charge in [0.25, 0.3) is 0 Å². The van der Waals surface area contributed by atoms with Crippen LogP contribution in [0.25, 0.3) is 0 Å². The van der Waals surface area contributed by atoms with Crippen LogP contribution in [-0.2, 0) is 19.1 Å². The van der Waals surface area contributed by atoms with Crippen molar-refractivity contribution in [2.24, 2.45) is 23.7 Å². The van der Waals surface area contributed by atoms with Crippen molar-refractivity contribution in [3.8, 4) is 0 Å². The third kappa shape index (κ3) is 3.97. The Morgan fingerprint density at radius 1 is 0.650 bits per heavy atom. The van der Waals surface area contributed by atoms with E-state index >= 15 is 0 Å². The smallest absolute Gasteiger partial charge is 0.308 e. The van der Waals surface area contributed by atoms with Crippen molar-refractivity contribution in [3.05, 3.63) is 0 Å². The second-order valence-corrected chi connectivity index (χ2v) is 6.70. The van der Waals surface area contributed by atoms with Gasteiger partial charge in [-0.15, -0.1) is 0 Å².